The van der Waals surface area contributed by atoms with E-state index in [0.29, 0.717) is 30.8 Å². The molecule has 3 amide bonds. The third kappa shape index (κ3) is 4.35. The first-order chi connectivity index (χ1) is 20.0. The third-order valence-corrected chi connectivity index (χ3v) is 11.1. The number of pyridine rings is 1. The Balaban J connectivity index is 0.964. The number of piperazine rings is 1. The zero-order chi connectivity index (χ0) is 27.7. The van der Waals surface area contributed by atoms with E-state index in [1.807, 2.05) is 29.3 Å². The molecule has 7 aliphatic rings. The molecular weight excluding hydrogens is 514 g/mol. The lowest BCUT2D eigenvalue weighted by Crippen LogP contribution is -2.63. The molecule has 9 heteroatoms. The molecule has 2 aromatic rings. The van der Waals surface area contributed by atoms with E-state index in [1.54, 1.807) is 0 Å². The van der Waals surface area contributed by atoms with Crippen LogP contribution in [-0.4, -0.2) is 73.2 Å². The van der Waals surface area contributed by atoms with Crippen LogP contribution in [0, 0.1) is 23.2 Å². The summed E-state index contributed by atoms with van der Waals surface area (Å²) in [7, 11) is 0. The van der Waals surface area contributed by atoms with Crippen molar-refractivity contribution in [2.75, 3.05) is 54.0 Å². The second-order valence-electron chi connectivity index (χ2n) is 13.5. The normalized spacial score (nSPS) is 32.6. The van der Waals surface area contributed by atoms with Crippen molar-refractivity contribution in [1.29, 1.82) is 0 Å². The van der Waals surface area contributed by atoms with E-state index < -0.39 is 0 Å². The van der Waals surface area contributed by atoms with E-state index in [4.69, 9.17) is 10.7 Å². The quantitative estimate of drug-likeness (QED) is 0.584. The molecule has 6 fully saturated rings. The SMILES string of the molecule is NC(=O)C12CC3CC(C1)C(NC(=O)N1CCN(c4ccc(N5CCN(C6CC6)CC5)cn4)c4ccccc41)C(C3)C2. The first-order valence-corrected chi connectivity index (χ1v) is 15.7. The highest BCUT2D eigenvalue weighted by Gasteiger charge is 2.58. The molecule has 2 unspecified atom stereocenters. The van der Waals surface area contributed by atoms with Crippen molar-refractivity contribution in [2.45, 2.75) is 57.0 Å². The number of urea groups is 1. The molecule has 2 atom stereocenters. The molecule has 5 saturated carbocycles. The molecule has 2 aliphatic heterocycles. The van der Waals surface area contributed by atoms with Crippen LogP contribution in [0.25, 0.3) is 0 Å². The predicted octanol–water partition coefficient (Wildman–Crippen LogP) is 3.71. The number of hydrogen-bond acceptors (Lipinski definition) is 6. The Morgan fingerprint density at radius 2 is 1.61 bits per heavy atom. The first kappa shape index (κ1) is 25.4. The van der Waals surface area contributed by atoms with Gasteiger partial charge in [0.1, 0.15) is 5.82 Å². The Kier molecular flexibility index (Phi) is 5.95. The number of carbonyl (C=O) groups is 2. The van der Waals surface area contributed by atoms with E-state index >= 15 is 0 Å². The van der Waals surface area contributed by atoms with Gasteiger partial charge in [-0.05, 0) is 87.0 Å². The first-order valence-electron chi connectivity index (χ1n) is 15.7. The highest BCUT2D eigenvalue weighted by Crippen LogP contribution is 2.60. The molecular formula is C32H41N7O2. The fraction of sp³-hybridized carbons (Fsp3) is 0.594. The van der Waals surface area contributed by atoms with Crippen molar-refractivity contribution in [2.24, 2.45) is 28.9 Å². The number of anilines is 4. The van der Waals surface area contributed by atoms with Gasteiger partial charge in [-0.2, -0.15) is 0 Å². The van der Waals surface area contributed by atoms with E-state index in [0.717, 1.165) is 81.5 Å². The van der Waals surface area contributed by atoms with Crippen molar-refractivity contribution in [1.82, 2.24) is 15.2 Å². The minimum Gasteiger partial charge on any atom is -0.369 e. The molecule has 0 radical (unpaired) electrons. The minimum absolute atomic E-state index is 0.0312. The second-order valence-corrected chi connectivity index (χ2v) is 13.5. The molecule has 1 aromatic heterocycles. The maximum atomic E-state index is 13.8. The summed E-state index contributed by atoms with van der Waals surface area (Å²) in [6.07, 6.45) is 9.52. The average molecular weight is 556 g/mol. The summed E-state index contributed by atoms with van der Waals surface area (Å²) in [4.78, 5) is 40.2. The monoisotopic (exact) mass is 555 g/mol. The Labute approximate surface area is 242 Å². The van der Waals surface area contributed by atoms with E-state index in [-0.39, 0.29) is 23.4 Å². The number of aromatic nitrogens is 1. The summed E-state index contributed by atoms with van der Waals surface area (Å²) >= 11 is 0. The highest BCUT2D eigenvalue weighted by molar-refractivity contribution is 5.98. The van der Waals surface area contributed by atoms with Crippen LogP contribution in [0.5, 0.6) is 0 Å². The Hall–Kier alpha value is -3.33. The van der Waals surface area contributed by atoms with Crippen LogP contribution in [0.4, 0.5) is 27.7 Å². The van der Waals surface area contributed by atoms with Gasteiger partial charge in [-0.3, -0.25) is 14.6 Å². The maximum Gasteiger partial charge on any atom is 0.322 e. The lowest BCUT2D eigenvalue weighted by atomic mass is 9.47. The van der Waals surface area contributed by atoms with Gasteiger partial charge >= 0.3 is 6.03 Å². The number of hydrogen-bond donors (Lipinski definition) is 2. The third-order valence-electron chi connectivity index (χ3n) is 11.1. The number of fused-ring (bicyclic) bond motifs is 1. The number of nitrogens with two attached hydrogens (primary N) is 1. The van der Waals surface area contributed by atoms with Gasteiger partial charge in [0.2, 0.25) is 5.91 Å². The fourth-order valence-corrected chi connectivity index (χ4v) is 9.10. The molecule has 9 rings (SSSR count). The average Bonchev–Trinajstić information content (AvgIpc) is 3.84. The van der Waals surface area contributed by atoms with Crippen molar-refractivity contribution in [3.8, 4) is 0 Å². The molecule has 3 N–H and O–H groups in total. The Bertz CT molecular complexity index is 1320. The van der Waals surface area contributed by atoms with Gasteiger partial charge in [0.15, 0.2) is 0 Å². The van der Waals surface area contributed by atoms with Crippen LogP contribution in [-0.2, 0) is 4.79 Å². The van der Waals surface area contributed by atoms with Crippen molar-refractivity contribution in [3.05, 3.63) is 42.6 Å². The molecule has 1 saturated heterocycles. The van der Waals surface area contributed by atoms with Gasteiger partial charge in [-0.15, -0.1) is 0 Å². The number of nitrogens with one attached hydrogen (secondary N) is 1. The zero-order valence-electron chi connectivity index (χ0n) is 23.8. The summed E-state index contributed by atoms with van der Waals surface area (Å²) in [6, 6.07) is 13.4. The van der Waals surface area contributed by atoms with E-state index in [1.165, 1.54) is 18.5 Å². The number of primary amides is 1. The largest absolute Gasteiger partial charge is 0.369 e. The Morgan fingerprint density at radius 3 is 2.27 bits per heavy atom. The summed E-state index contributed by atoms with van der Waals surface area (Å²) in [5.41, 5.74) is 8.64. The van der Waals surface area contributed by atoms with Gasteiger partial charge in [0.25, 0.3) is 0 Å². The smallest absolute Gasteiger partial charge is 0.322 e. The van der Waals surface area contributed by atoms with Gasteiger partial charge < -0.3 is 20.9 Å². The molecule has 5 aliphatic carbocycles. The van der Waals surface area contributed by atoms with Crippen LogP contribution in [0.1, 0.15) is 44.9 Å². The molecule has 3 heterocycles. The summed E-state index contributed by atoms with van der Waals surface area (Å²) < 4.78 is 0. The number of para-hydroxylation sites is 2. The highest BCUT2D eigenvalue weighted by atomic mass is 16.2. The molecule has 1 aromatic carbocycles. The number of nitrogens with zero attached hydrogens (tertiary/aromatic N) is 5. The zero-order valence-corrected chi connectivity index (χ0v) is 23.8. The molecule has 9 nitrogen and oxygen atoms in total. The minimum atomic E-state index is -0.344. The molecule has 0 spiro atoms. The van der Waals surface area contributed by atoms with Gasteiger partial charge in [-0.1, -0.05) is 12.1 Å². The van der Waals surface area contributed by atoms with E-state index in [2.05, 4.69) is 38.2 Å². The summed E-state index contributed by atoms with van der Waals surface area (Å²) in [6.45, 7) is 5.66. The lowest BCUT2D eigenvalue weighted by Gasteiger charge is -2.59. The fourth-order valence-electron chi connectivity index (χ4n) is 9.10. The number of rotatable bonds is 5. The molecule has 216 valence electrons. The van der Waals surface area contributed by atoms with Crippen molar-refractivity contribution < 1.29 is 9.59 Å². The number of carbonyl (C=O) groups excluding carboxylic acids is 2. The van der Waals surface area contributed by atoms with Crippen LogP contribution in [0.15, 0.2) is 42.6 Å². The van der Waals surface area contributed by atoms with Gasteiger partial charge in [0, 0.05) is 56.8 Å². The van der Waals surface area contributed by atoms with Crippen LogP contribution < -0.4 is 25.8 Å². The maximum absolute atomic E-state index is 13.8. The van der Waals surface area contributed by atoms with Crippen LogP contribution >= 0.6 is 0 Å². The number of benzene rings is 1. The van der Waals surface area contributed by atoms with Crippen molar-refractivity contribution >= 4 is 34.8 Å². The van der Waals surface area contributed by atoms with Gasteiger partial charge in [-0.25, -0.2) is 9.78 Å². The van der Waals surface area contributed by atoms with Crippen molar-refractivity contribution in [3.63, 3.8) is 0 Å². The summed E-state index contributed by atoms with van der Waals surface area (Å²) in [5, 5.41) is 3.43. The lowest BCUT2D eigenvalue weighted by molar-refractivity contribution is -0.145. The molecule has 4 bridgehead atoms. The second kappa shape index (κ2) is 9.61. The summed E-state index contributed by atoms with van der Waals surface area (Å²) in [5.74, 6) is 2.03. The number of amides is 3. The molecule has 41 heavy (non-hydrogen) atoms. The van der Waals surface area contributed by atoms with Crippen LogP contribution in [0.3, 0.4) is 0 Å². The van der Waals surface area contributed by atoms with Gasteiger partial charge in [0.05, 0.1) is 23.3 Å². The topological polar surface area (TPSA) is 98.0 Å². The van der Waals surface area contributed by atoms with E-state index in [9.17, 15) is 9.59 Å². The predicted molar refractivity (Wildman–Crippen MR) is 159 cm³/mol. The van der Waals surface area contributed by atoms with Crippen LogP contribution in [0.2, 0.25) is 0 Å². The Morgan fingerprint density at radius 1 is 0.878 bits per heavy atom. The standard InChI is InChI=1S/C32H41N7O2/c33-30(40)32-17-21-15-22(18-32)29(23(16-21)19-32)35-31(41)39-14-13-38(26-3-1-2-4-27(26)39)28-8-7-25(20-34-28)37-11-9-36(10-12-37)24-5-6-24/h1-4,7-8,20-24,29H,5-6,9-19H2,(H2,33,40)(H,35,41).